The minimum absolute atomic E-state index is 0.0906. The van der Waals surface area contributed by atoms with Crippen molar-refractivity contribution in [2.45, 2.75) is 59.4 Å². The van der Waals surface area contributed by atoms with Crippen LogP contribution in [0.4, 0.5) is 5.69 Å². The number of aliphatic hydroxyl groups excluding tert-OH is 1. The standard InChI is InChI=1S/C32H35NO4/c1-5-8-9-23-12-17-26(18-13-23)33-29(24-14-10-22(6-2)11-15-24)28(31(35)32(33)36)30(34)25-16-19-27(37-7-3)21(4)20-25/h10-20,29,34H,5-9H2,1-4H3/b30-28-. The number of unbranched alkanes of at least 4 members (excludes halogenated alkanes) is 1. The number of aryl methyl sites for hydroxylation is 3. The Hall–Kier alpha value is -3.86. The molecule has 0 aliphatic carbocycles. The summed E-state index contributed by atoms with van der Waals surface area (Å²) >= 11 is 0. The van der Waals surface area contributed by atoms with E-state index in [0.29, 0.717) is 17.9 Å². The minimum Gasteiger partial charge on any atom is -0.507 e. The molecule has 1 fully saturated rings. The van der Waals surface area contributed by atoms with Crippen molar-refractivity contribution in [3.05, 3.63) is 100 Å². The van der Waals surface area contributed by atoms with E-state index in [4.69, 9.17) is 4.74 Å². The molecule has 1 atom stereocenters. The second-order valence-corrected chi connectivity index (χ2v) is 9.45. The van der Waals surface area contributed by atoms with Crippen LogP contribution in [-0.4, -0.2) is 23.4 Å². The molecule has 1 heterocycles. The molecule has 1 N–H and O–H groups in total. The highest BCUT2D eigenvalue weighted by Crippen LogP contribution is 2.42. The summed E-state index contributed by atoms with van der Waals surface area (Å²) in [6.45, 7) is 8.57. The van der Waals surface area contributed by atoms with Crippen LogP contribution in [0.5, 0.6) is 5.75 Å². The Morgan fingerprint density at radius 2 is 1.59 bits per heavy atom. The number of Topliss-reactive ketones (excluding diaryl/α,β-unsaturated/α-hetero) is 1. The molecule has 192 valence electrons. The van der Waals surface area contributed by atoms with Gasteiger partial charge in [-0.05, 0) is 85.7 Å². The number of ketones is 1. The zero-order chi connectivity index (χ0) is 26.5. The number of anilines is 1. The summed E-state index contributed by atoms with van der Waals surface area (Å²) < 4.78 is 5.63. The van der Waals surface area contributed by atoms with Crippen LogP contribution >= 0.6 is 0 Å². The Kier molecular flexibility index (Phi) is 8.12. The van der Waals surface area contributed by atoms with Crippen LogP contribution in [0.15, 0.2) is 72.3 Å². The van der Waals surface area contributed by atoms with E-state index in [-0.39, 0.29) is 11.3 Å². The Balaban J connectivity index is 1.84. The average Bonchev–Trinajstić information content (AvgIpc) is 3.18. The van der Waals surface area contributed by atoms with Crippen LogP contribution in [0.1, 0.15) is 67.5 Å². The molecule has 4 rings (SSSR count). The van der Waals surface area contributed by atoms with Crippen molar-refractivity contribution in [1.82, 2.24) is 0 Å². The Labute approximate surface area is 219 Å². The van der Waals surface area contributed by atoms with Crippen molar-refractivity contribution >= 4 is 23.1 Å². The lowest BCUT2D eigenvalue weighted by Crippen LogP contribution is -2.29. The van der Waals surface area contributed by atoms with Gasteiger partial charge >= 0.3 is 0 Å². The smallest absolute Gasteiger partial charge is 0.300 e. The van der Waals surface area contributed by atoms with Crippen LogP contribution < -0.4 is 9.64 Å². The van der Waals surface area contributed by atoms with Crippen molar-refractivity contribution < 1.29 is 19.4 Å². The fraction of sp³-hybridized carbons (Fsp3) is 0.312. The highest BCUT2D eigenvalue weighted by atomic mass is 16.5. The summed E-state index contributed by atoms with van der Waals surface area (Å²) in [5.74, 6) is -0.802. The van der Waals surface area contributed by atoms with Crippen LogP contribution in [0.2, 0.25) is 0 Å². The Morgan fingerprint density at radius 3 is 2.19 bits per heavy atom. The molecular formula is C32H35NO4. The predicted octanol–water partition coefficient (Wildman–Crippen LogP) is 6.93. The first kappa shape index (κ1) is 26.2. The monoisotopic (exact) mass is 497 g/mol. The molecule has 1 unspecified atom stereocenters. The molecule has 37 heavy (non-hydrogen) atoms. The molecule has 3 aromatic rings. The maximum Gasteiger partial charge on any atom is 0.300 e. The highest BCUT2D eigenvalue weighted by Gasteiger charge is 2.47. The third-order valence-electron chi connectivity index (χ3n) is 6.93. The van der Waals surface area contributed by atoms with Gasteiger partial charge in [0.15, 0.2) is 0 Å². The van der Waals surface area contributed by atoms with Crippen LogP contribution in [0, 0.1) is 6.92 Å². The maximum absolute atomic E-state index is 13.4. The molecule has 5 nitrogen and oxygen atoms in total. The van der Waals surface area contributed by atoms with Gasteiger partial charge in [0.05, 0.1) is 18.2 Å². The molecule has 0 radical (unpaired) electrons. The van der Waals surface area contributed by atoms with Crippen LogP contribution in [-0.2, 0) is 22.4 Å². The fourth-order valence-corrected chi connectivity index (χ4v) is 4.82. The van der Waals surface area contributed by atoms with Gasteiger partial charge in [-0.25, -0.2) is 0 Å². The van der Waals surface area contributed by atoms with Gasteiger partial charge < -0.3 is 9.84 Å². The van der Waals surface area contributed by atoms with Gasteiger partial charge in [0.2, 0.25) is 0 Å². The first-order valence-electron chi connectivity index (χ1n) is 13.1. The fourth-order valence-electron chi connectivity index (χ4n) is 4.82. The van der Waals surface area contributed by atoms with Crippen LogP contribution in [0.25, 0.3) is 5.76 Å². The SMILES string of the molecule is CCCCc1ccc(N2C(=O)C(=O)/C(=C(\O)c3ccc(OCC)c(C)c3)C2c2ccc(CC)cc2)cc1. The molecule has 0 aromatic heterocycles. The quantitative estimate of drug-likeness (QED) is 0.198. The molecule has 1 saturated heterocycles. The highest BCUT2D eigenvalue weighted by molar-refractivity contribution is 6.51. The molecule has 0 saturated carbocycles. The van der Waals surface area contributed by atoms with Gasteiger partial charge in [-0.1, -0.05) is 56.7 Å². The van der Waals surface area contributed by atoms with Gasteiger partial charge in [-0.3, -0.25) is 14.5 Å². The van der Waals surface area contributed by atoms with Gasteiger partial charge in [0, 0.05) is 11.3 Å². The summed E-state index contributed by atoms with van der Waals surface area (Å²) in [7, 11) is 0. The number of hydrogen-bond acceptors (Lipinski definition) is 4. The van der Waals surface area contributed by atoms with Crippen molar-refractivity contribution in [3.63, 3.8) is 0 Å². The second kappa shape index (κ2) is 11.5. The van der Waals surface area contributed by atoms with Crippen molar-refractivity contribution in [2.75, 3.05) is 11.5 Å². The van der Waals surface area contributed by atoms with E-state index in [9.17, 15) is 14.7 Å². The van der Waals surface area contributed by atoms with E-state index >= 15 is 0 Å². The van der Waals surface area contributed by atoms with Gasteiger partial charge in [0.1, 0.15) is 11.5 Å². The molecule has 1 aliphatic rings. The van der Waals surface area contributed by atoms with E-state index in [2.05, 4.69) is 13.8 Å². The maximum atomic E-state index is 13.4. The third kappa shape index (κ3) is 5.31. The lowest BCUT2D eigenvalue weighted by molar-refractivity contribution is -0.132. The zero-order valence-electron chi connectivity index (χ0n) is 22.1. The summed E-state index contributed by atoms with van der Waals surface area (Å²) in [6.07, 6.45) is 4.05. The van der Waals surface area contributed by atoms with E-state index in [1.165, 1.54) is 10.5 Å². The number of carbonyl (C=O) groups is 2. The number of nitrogens with zero attached hydrogens (tertiary/aromatic N) is 1. The molecule has 5 heteroatoms. The predicted molar refractivity (Wildman–Crippen MR) is 148 cm³/mol. The summed E-state index contributed by atoms with van der Waals surface area (Å²) in [5.41, 5.74) is 5.16. The number of ether oxygens (including phenoxy) is 1. The second-order valence-electron chi connectivity index (χ2n) is 9.45. The number of hydrogen-bond donors (Lipinski definition) is 1. The van der Waals surface area contributed by atoms with Crippen LogP contribution in [0.3, 0.4) is 0 Å². The van der Waals surface area contributed by atoms with E-state index in [1.54, 1.807) is 18.2 Å². The zero-order valence-corrected chi connectivity index (χ0v) is 22.1. The summed E-state index contributed by atoms with van der Waals surface area (Å²) in [5, 5.41) is 11.4. The molecule has 0 spiro atoms. The lowest BCUT2D eigenvalue weighted by atomic mass is 9.93. The Morgan fingerprint density at radius 1 is 0.919 bits per heavy atom. The summed E-state index contributed by atoms with van der Waals surface area (Å²) in [6, 6.07) is 20.2. The first-order chi connectivity index (χ1) is 17.9. The molecular weight excluding hydrogens is 462 g/mol. The number of rotatable bonds is 9. The van der Waals surface area contributed by atoms with Crippen molar-refractivity contribution in [2.24, 2.45) is 0 Å². The molecule has 3 aromatic carbocycles. The molecule has 0 bridgehead atoms. The number of aliphatic hydroxyl groups is 1. The largest absolute Gasteiger partial charge is 0.507 e. The van der Waals surface area contributed by atoms with Gasteiger partial charge in [-0.15, -0.1) is 0 Å². The first-order valence-corrected chi connectivity index (χ1v) is 13.1. The van der Waals surface area contributed by atoms with Crippen molar-refractivity contribution in [1.29, 1.82) is 0 Å². The molecule has 1 aliphatic heterocycles. The van der Waals surface area contributed by atoms with E-state index < -0.39 is 17.7 Å². The van der Waals surface area contributed by atoms with Gasteiger partial charge in [-0.2, -0.15) is 0 Å². The summed E-state index contributed by atoms with van der Waals surface area (Å²) in [4.78, 5) is 28.4. The van der Waals surface area contributed by atoms with Gasteiger partial charge in [0.25, 0.3) is 11.7 Å². The van der Waals surface area contributed by atoms with E-state index in [0.717, 1.165) is 48.1 Å². The lowest BCUT2D eigenvalue weighted by Gasteiger charge is -2.26. The Bertz CT molecular complexity index is 1310. The minimum atomic E-state index is -0.737. The number of benzene rings is 3. The normalized spacial score (nSPS) is 16.9. The number of amides is 1. The molecule has 1 amide bonds. The number of carbonyl (C=O) groups excluding carboxylic acids is 2. The third-order valence-corrected chi connectivity index (χ3v) is 6.93. The average molecular weight is 498 g/mol. The topological polar surface area (TPSA) is 66.8 Å². The van der Waals surface area contributed by atoms with Crippen molar-refractivity contribution in [3.8, 4) is 5.75 Å². The van der Waals surface area contributed by atoms with E-state index in [1.807, 2.05) is 62.4 Å².